The SMILES string of the molecule is CCCNC(C)CCCCOc1cc(Cl)ccc1C. The Balaban J connectivity index is 2.15. The lowest BCUT2D eigenvalue weighted by atomic mass is 10.1. The Labute approximate surface area is 122 Å². The summed E-state index contributed by atoms with van der Waals surface area (Å²) in [5.74, 6) is 0.907. The number of hydrogen-bond acceptors (Lipinski definition) is 2. The zero-order valence-corrected chi connectivity index (χ0v) is 13.1. The molecule has 0 radical (unpaired) electrons. The van der Waals surface area contributed by atoms with E-state index in [1.165, 1.54) is 19.3 Å². The quantitative estimate of drug-likeness (QED) is 0.670. The van der Waals surface area contributed by atoms with Crippen LogP contribution in [0.5, 0.6) is 5.75 Å². The smallest absolute Gasteiger partial charge is 0.123 e. The van der Waals surface area contributed by atoms with Gasteiger partial charge >= 0.3 is 0 Å². The zero-order valence-electron chi connectivity index (χ0n) is 12.3. The maximum Gasteiger partial charge on any atom is 0.123 e. The Kier molecular flexibility index (Phi) is 7.92. The van der Waals surface area contributed by atoms with E-state index < -0.39 is 0 Å². The highest BCUT2D eigenvalue weighted by Crippen LogP contribution is 2.22. The van der Waals surface area contributed by atoms with Crippen LogP contribution in [0.15, 0.2) is 18.2 Å². The average Bonchev–Trinajstić information content (AvgIpc) is 2.39. The van der Waals surface area contributed by atoms with Gasteiger partial charge in [0, 0.05) is 11.1 Å². The molecule has 1 N–H and O–H groups in total. The lowest BCUT2D eigenvalue weighted by Gasteiger charge is -2.13. The van der Waals surface area contributed by atoms with Crippen LogP contribution in [-0.4, -0.2) is 19.2 Å². The number of unbranched alkanes of at least 4 members (excludes halogenated alkanes) is 1. The van der Waals surface area contributed by atoms with Crippen LogP contribution in [0.4, 0.5) is 0 Å². The molecule has 0 aliphatic carbocycles. The summed E-state index contributed by atoms with van der Waals surface area (Å²) in [7, 11) is 0. The Morgan fingerprint density at radius 2 is 2.11 bits per heavy atom. The first-order valence-corrected chi connectivity index (χ1v) is 7.63. The molecule has 0 aliphatic rings. The summed E-state index contributed by atoms with van der Waals surface area (Å²) in [6, 6.07) is 6.38. The summed E-state index contributed by atoms with van der Waals surface area (Å²) < 4.78 is 5.78. The van der Waals surface area contributed by atoms with Crippen LogP contribution < -0.4 is 10.1 Å². The van der Waals surface area contributed by atoms with Crippen molar-refractivity contribution in [3.8, 4) is 5.75 Å². The van der Waals surface area contributed by atoms with E-state index in [9.17, 15) is 0 Å². The van der Waals surface area contributed by atoms with Crippen molar-refractivity contribution in [2.24, 2.45) is 0 Å². The number of halogens is 1. The van der Waals surface area contributed by atoms with Gasteiger partial charge in [0.25, 0.3) is 0 Å². The molecule has 0 bridgehead atoms. The maximum atomic E-state index is 5.96. The van der Waals surface area contributed by atoms with Crippen molar-refractivity contribution >= 4 is 11.6 Å². The van der Waals surface area contributed by atoms with Gasteiger partial charge in [-0.1, -0.05) is 24.6 Å². The molecular weight excluding hydrogens is 258 g/mol. The molecular formula is C16H26ClNO. The fourth-order valence-electron chi connectivity index (χ4n) is 1.96. The molecule has 1 aromatic carbocycles. The highest BCUT2D eigenvalue weighted by molar-refractivity contribution is 6.30. The molecule has 1 unspecified atom stereocenters. The Morgan fingerprint density at radius 1 is 1.32 bits per heavy atom. The van der Waals surface area contributed by atoms with Crippen LogP contribution in [-0.2, 0) is 0 Å². The molecule has 19 heavy (non-hydrogen) atoms. The second-order valence-corrected chi connectivity index (χ2v) is 5.55. The number of rotatable bonds is 9. The largest absolute Gasteiger partial charge is 0.493 e. The molecule has 2 nitrogen and oxygen atoms in total. The highest BCUT2D eigenvalue weighted by Gasteiger charge is 2.02. The van der Waals surface area contributed by atoms with Crippen LogP contribution in [0.2, 0.25) is 5.02 Å². The summed E-state index contributed by atoms with van der Waals surface area (Å²) in [6.45, 7) is 8.36. The number of aryl methyl sites for hydroxylation is 1. The average molecular weight is 284 g/mol. The summed E-state index contributed by atoms with van der Waals surface area (Å²) >= 11 is 5.96. The predicted molar refractivity (Wildman–Crippen MR) is 83.3 cm³/mol. The van der Waals surface area contributed by atoms with E-state index in [0.717, 1.165) is 35.9 Å². The van der Waals surface area contributed by atoms with E-state index in [1.54, 1.807) is 0 Å². The van der Waals surface area contributed by atoms with Crippen LogP contribution in [0.25, 0.3) is 0 Å². The molecule has 1 atom stereocenters. The molecule has 0 fully saturated rings. The van der Waals surface area contributed by atoms with Crippen molar-refractivity contribution in [3.05, 3.63) is 28.8 Å². The van der Waals surface area contributed by atoms with Crippen LogP contribution >= 0.6 is 11.6 Å². The highest BCUT2D eigenvalue weighted by atomic mass is 35.5. The molecule has 3 heteroatoms. The Hall–Kier alpha value is -0.730. The third-order valence-corrected chi connectivity index (χ3v) is 3.42. The van der Waals surface area contributed by atoms with Crippen LogP contribution in [0, 0.1) is 6.92 Å². The lowest BCUT2D eigenvalue weighted by molar-refractivity contribution is 0.300. The van der Waals surface area contributed by atoms with Gasteiger partial charge in [-0.3, -0.25) is 0 Å². The van der Waals surface area contributed by atoms with Crippen molar-refractivity contribution in [3.63, 3.8) is 0 Å². The Morgan fingerprint density at radius 3 is 2.84 bits per heavy atom. The van der Waals surface area contributed by atoms with Gasteiger partial charge in [-0.05, 0) is 63.8 Å². The zero-order chi connectivity index (χ0) is 14.1. The first-order valence-electron chi connectivity index (χ1n) is 7.25. The molecule has 0 saturated carbocycles. The molecule has 0 saturated heterocycles. The summed E-state index contributed by atoms with van der Waals surface area (Å²) in [4.78, 5) is 0. The molecule has 1 rings (SSSR count). The van der Waals surface area contributed by atoms with Crippen molar-refractivity contribution in [1.29, 1.82) is 0 Å². The predicted octanol–water partition coefficient (Wildman–Crippen LogP) is 4.59. The first-order chi connectivity index (χ1) is 9.13. The van der Waals surface area contributed by atoms with Gasteiger partial charge in [-0.15, -0.1) is 0 Å². The number of benzene rings is 1. The summed E-state index contributed by atoms with van der Waals surface area (Å²) in [5.41, 5.74) is 1.14. The fraction of sp³-hybridized carbons (Fsp3) is 0.625. The summed E-state index contributed by atoms with van der Waals surface area (Å²) in [5, 5.41) is 4.23. The van der Waals surface area contributed by atoms with Crippen LogP contribution in [0.3, 0.4) is 0 Å². The van der Waals surface area contributed by atoms with Gasteiger partial charge in [0.05, 0.1) is 6.61 Å². The molecule has 0 spiro atoms. The topological polar surface area (TPSA) is 21.3 Å². The molecule has 1 aromatic rings. The third kappa shape index (κ3) is 6.84. The van der Waals surface area contributed by atoms with Crippen molar-refractivity contribution < 1.29 is 4.74 Å². The van der Waals surface area contributed by atoms with E-state index in [4.69, 9.17) is 16.3 Å². The minimum Gasteiger partial charge on any atom is -0.493 e. The van der Waals surface area contributed by atoms with Crippen LogP contribution in [0.1, 0.15) is 45.1 Å². The van der Waals surface area contributed by atoms with Gasteiger partial charge in [-0.2, -0.15) is 0 Å². The minimum atomic E-state index is 0.604. The van der Waals surface area contributed by atoms with E-state index in [-0.39, 0.29) is 0 Å². The van der Waals surface area contributed by atoms with Gasteiger partial charge < -0.3 is 10.1 Å². The van der Waals surface area contributed by atoms with Crippen molar-refractivity contribution in [2.75, 3.05) is 13.2 Å². The number of nitrogens with one attached hydrogen (secondary N) is 1. The number of ether oxygens (including phenoxy) is 1. The maximum absolute atomic E-state index is 5.96. The van der Waals surface area contributed by atoms with E-state index in [2.05, 4.69) is 19.2 Å². The normalized spacial score (nSPS) is 12.4. The second kappa shape index (κ2) is 9.22. The van der Waals surface area contributed by atoms with E-state index in [0.29, 0.717) is 6.04 Å². The molecule has 0 aliphatic heterocycles. The van der Waals surface area contributed by atoms with Crippen molar-refractivity contribution in [1.82, 2.24) is 5.32 Å². The van der Waals surface area contributed by atoms with Gasteiger partial charge in [-0.25, -0.2) is 0 Å². The monoisotopic (exact) mass is 283 g/mol. The first kappa shape index (κ1) is 16.3. The number of hydrogen-bond donors (Lipinski definition) is 1. The third-order valence-electron chi connectivity index (χ3n) is 3.18. The molecule has 0 amide bonds. The Bertz CT molecular complexity index is 368. The minimum absolute atomic E-state index is 0.604. The lowest BCUT2D eigenvalue weighted by Crippen LogP contribution is -2.26. The van der Waals surface area contributed by atoms with Gasteiger partial charge in [0.15, 0.2) is 0 Å². The van der Waals surface area contributed by atoms with Gasteiger partial charge in [0.2, 0.25) is 0 Å². The molecule has 0 aromatic heterocycles. The molecule has 108 valence electrons. The van der Waals surface area contributed by atoms with Gasteiger partial charge in [0.1, 0.15) is 5.75 Å². The van der Waals surface area contributed by atoms with Crippen molar-refractivity contribution in [2.45, 2.75) is 52.5 Å². The second-order valence-electron chi connectivity index (χ2n) is 5.11. The van der Waals surface area contributed by atoms with E-state index in [1.807, 2.05) is 25.1 Å². The summed E-state index contributed by atoms with van der Waals surface area (Å²) in [6.07, 6.45) is 4.68. The standard InChI is InChI=1S/C16H26ClNO/c1-4-10-18-14(3)7-5-6-11-19-16-12-15(17)9-8-13(16)2/h8-9,12,14,18H,4-7,10-11H2,1-3H3. The van der Waals surface area contributed by atoms with E-state index >= 15 is 0 Å². The fourth-order valence-corrected chi connectivity index (χ4v) is 2.12. The molecule has 0 heterocycles.